The number of amides is 1. The second-order valence-electron chi connectivity index (χ2n) is 4.56. The molecule has 6 nitrogen and oxygen atoms in total. The number of thioether (sulfide) groups is 1. The van der Waals surface area contributed by atoms with E-state index in [1.54, 1.807) is 31.3 Å². The van der Waals surface area contributed by atoms with Gasteiger partial charge >= 0.3 is 5.97 Å². The minimum absolute atomic E-state index is 0.149. The molecule has 1 saturated heterocycles. The molecule has 1 aliphatic heterocycles. The first-order chi connectivity index (χ1) is 10.9. The van der Waals surface area contributed by atoms with Gasteiger partial charge in [0.2, 0.25) is 0 Å². The van der Waals surface area contributed by atoms with Gasteiger partial charge in [0.15, 0.2) is 18.1 Å². The standard InChI is InChI=1S/C15H15NO5S2/c1-3-20-11-6-9(4-5-10(11)21-8-13(17)18)7-12-14(19)16(2)15(22)23-12/h4-7H,3,8H2,1-2H3,(H,17,18). The van der Waals surface area contributed by atoms with Gasteiger partial charge < -0.3 is 14.6 Å². The smallest absolute Gasteiger partial charge is 0.341 e. The van der Waals surface area contributed by atoms with Crippen LogP contribution in [0.4, 0.5) is 0 Å². The second-order valence-corrected chi connectivity index (χ2v) is 6.24. The molecule has 0 saturated carbocycles. The minimum atomic E-state index is -1.07. The lowest BCUT2D eigenvalue weighted by atomic mass is 10.2. The molecule has 1 aliphatic rings. The fraction of sp³-hybridized carbons (Fsp3) is 0.267. The number of carboxylic acid groups (broad SMARTS) is 1. The molecule has 0 spiro atoms. The number of aliphatic carboxylic acids is 1. The number of hydrogen-bond acceptors (Lipinski definition) is 6. The van der Waals surface area contributed by atoms with Crippen LogP contribution in [0.1, 0.15) is 12.5 Å². The topological polar surface area (TPSA) is 76.1 Å². The number of ether oxygens (including phenoxy) is 2. The second kappa shape index (κ2) is 7.47. The number of rotatable bonds is 6. The summed E-state index contributed by atoms with van der Waals surface area (Å²) < 4.78 is 11.2. The Hall–Kier alpha value is -2.06. The minimum Gasteiger partial charge on any atom is -0.490 e. The summed E-state index contributed by atoms with van der Waals surface area (Å²) in [6, 6.07) is 5.04. The lowest BCUT2D eigenvalue weighted by Gasteiger charge is -2.11. The Labute approximate surface area is 143 Å². The summed E-state index contributed by atoms with van der Waals surface area (Å²) in [5.41, 5.74) is 0.741. The van der Waals surface area contributed by atoms with Gasteiger partial charge in [-0.05, 0) is 30.7 Å². The Morgan fingerprint density at radius 3 is 2.70 bits per heavy atom. The zero-order valence-corrected chi connectivity index (χ0v) is 14.2. The van der Waals surface area contributed by atoms with Gasteiger partial charge in [-0.2, -0.15) is 0 Å². The maximum Gasteiger partial charge on any atom is 0.341 e. The summed E-state index contributed by atoms with van der Waals surface area (Å²) >= 11 is 6.32. The molecule has 23 heavy (non-hydrogen) atoms. The molecule has 1 N–H and O–H groups in total. The lowest BCUT2D eigenvalue weighted by molar-refractivity contribution is -0.139. The number of benzene rings is 1. The van der Waals surface area contributed by atoms with Crippen molar-refractivity contribution < 1.29 is 24.2 Å². The molecular formula is C15H15NO5S2. The average Bonchev–Trinajstić information content (AvgIpc) is 2.74. The highest BCUT2D eigenvalue weighted by atomic mass is 32.2. The van der Waals surface area contributed by atoms with Crippen molar-refractivity contribution in [3.8, 4) is 11.5 Å². The van der Waals surface area contributed by atoms with Crippen LogP contribution < -0.4 is 9.47 Å². The van der Waals surface area contributed by atoms with Crippen molar-refractivity contribution in [2.75, 3.05) is 20.3 Å². The summed E-state index contributed by atoms with van der Waals surface area (Å²) in [4.78, 5) is 24.6. The largest absolute Gasteiger partial charge is 0.490 e. The predicted octanol–water partition coefficient (Wildman–Crippen LogP) is 2.38. The van der Waals surface area contributed by atoms with E-state index in [0.29, 0.717) is 27.3 Å². The van der Waals surface area contributed by atoms with Gasteiger partial charge in [0.1, 0.15) is 4.32 Å². The SMILES string of the molecule is CCOc1cc(C=C2SC(=S)N(C)C2=O)ccc1OCC(=O)O. The first-order valence-corrected chi connectivity index (χ1v) is 7.98. The third-order valence-corrected chi connectivity index (χ3v) is 4.39. The van der Waals surface area contributed by atoms with Gasteiger partial charge in [-0.15, -0.1) is 0 Å². The Balaban J connectivity index is 2.27. The van der Waals surface area contributed by atoms with Crippen molar-refractivity contribution in [3.63, 3.8) is 0 Å². The lowest BCUT2D eigenvalue weighted by Crippen LogP contribution is -2.22. The first kappa shape index (κ1) is 17.3. The number of carbonyl (C=O) groups is 2. The van der Waals surface area contributed by atoms with Crippen molar-refractivity contribution in [1.82, 2.24) is 4.90 Å². The van der Waals surface area contributed by atoms with Crippen LogP contribution in [0, 0.1) is 0 Å². The molecule has 0 bridgehead atoms. The normalized spacial score (nSPS) is 16.1. The molecule has 0 aromatic heterocycles. The van der Waals surface area contributed by atoms with Crippen molar-refractivity contribution in [3.05, 3.63) is 28.7 Å². The molecule has 0 unspecified atom stereocenters. The van der Waals surface area contributed by atoms with E-state index in [-0.39, 0.29) is 5.91 Å². The van der Waals surface area contributed by atoms with Crippen LogP contribution in [0.15, 0.2) is 23.1 Å². The van der Waals surface area contributed by atoms with Crippen LogP contribution in [-0.2, 0) is 9.59 Å². The van der Waals surface area contributed by atoms with Crippen molar-refractivity contribution in [2.45, 2.75) is 6.92 Å². The Morgan fingerprint density at radius 1 is 1.39 bits per heavy atom. The van der Waals surface area contributed by atoms with Crippen LogP contribution in [-0.4, -0.2) is 46.5 Å². The molecule has 1 aromatic carbocycles. The predicted molar refractivity (Wildman–Crippen MR) is 91.7 cm³/mol. The molecule has 8 heteroatoms. The maximum atomic E-state index is 12.0. The average molecular weight is 353 g/mol. The van der Waals surface area contributed by atoms with E-state index in [1.165, 1.54) is 16.7 Å². The van der Waals surface area contributed by atoms with E-state index < -0.39 is 12.6 Å². The van der Waals surface area contributed by atoms with E-state index in [1.807, 2.05) is 6.92 Å². The fourth-order valence-electron chi connectivity index (χ4n) is 1.84. The molecular weight excluding hydrogens is 338 g/mol. The fourth-order valence-corrected chi connectivity index (χ4v) is 3.02. The molecule has 2 rings (SSSR count). The number of thiocarbonyl (C=S) groups is 1. The molecule has 0 aliphatic carbocycles. The van der Waals surface area contributed by atoms with Crippen LogP contribution in [0.5, 0.6) is 11.5 Å². The van der Waals surface area contributed by atoms with Crippen molar-refractivity contribution in [1.29, 1.82) is 0 Å². The van der Waals surface area contributed by atoms with Gasteiger partial charge in [0.25, 0.3) is 5.91 Å². The number of likely N-dealkylation sites (N-methyl/N-ethyl adjacent to an activating group) is 1. The number of nitrogens with zero attached hydrogens (tertiary/aromatic N) is 1. The first-order valence-electron chi connectivity index (χ1n) is 6.75. The van der Waals surface area contributed by atoms with Crippen LogP contribution in [0.25, 0.3) is 6.08 Å². The number of hydrogen-bond donors (Lipinski definition) is 1. The van der Waals surface area contributed by atoms with Crippen molar-refractivity contribution >= 4 is 46.3 Å². The molecule has 1 amide bonds. The zero-order valence-electron chi connectivity index (χ0n) is 12.6. The van der Waals surface area contributed by atoms with Gasteiger partial charge in [-0.1, -0.05) is 30.0 Å². The summed E-state index contributed by atoms with van der Waals surface area (Å²) in [7, 11) is 1.63. The molecule has 1 heterocycles. The summed E-state index contributed by atoms with van der Waals surface area (Å²) in [6.45, 7) is 1.77. The maximum absolute atomic E-state index is 12.0. The molecule has 1 fully saturated rings. The van der Waals surface area contributed by atoms with E-state index in [4.69, 9.17) is 26.8 Å². The summed E-state index contributed by atoms with van der Waals surface area (Å²) in [5.74, 6) is -0.448. The van der Waals surface area contributed by atoms with E-state index in [2.05, 4.69) is 0 Å². The van der Waals surface area contributed by atoms with Gasteiger partial charge in [0.05, 0.1) is 11.5 Å². The van der Waals surface area contributed by atoms with Crippen LogP contribution in [0.2, 0.25) is 0 Å². The molecule has 1 aromatic rings. The summed E-state index contributed by atoms with van der Waals surface area (Å²) in [5, 5.41) is 8.69. The van der Waals surface area contributed by atoms with Gasteiger partial charge in [0, 0.05) is 7.05 Å². The van der Waals surface area contributed by atoms with Gasteiger partial charge in [-0.25, -0.2) is 4.79 Å². The Morgan fingerprint density at radius 2 is 2.13 bits per heavy atom. The molecule has 122 valence electrons. The number of carboxylic acids is 1. The molecule has 0 radical (unpaired) electrons. The quantitative estimate of drug-likeness (QED) is 0.621. The van der Waals surface area contributed by atoms with E-state index in [9.17, 15) is 9.59 Å². The Bertz CT molecular complexity index is 686. The van der Waals surface area contributed by atoms with E-state index >= 15 is 0 Å². The third kappa shape index (κ3) is 4.23. The van der Waals surface area contributed by atoms with Crippen LogP contribution in [0.3, 0.4) is 0 Å². The van der Waals surface area contributed by atoms with Crippen molar-refractivity contribution in [2.24, 2.45) is 0 Å². The van der Waals surface area contributed by atoms with E-state index in [0.717, 1.165) is 5.56 Å². The third-order valence-electron chi connectivity index (χ3n) is 2.90. The molecule has 0 atom stereocenters. The highest BCUT2D eigenvalue weighted by Crippen LogP contribution is 2.34. The van der Waals surface area contributed by atoms with Gasteiger partial charge in [-0.3, -0.25) is 9.69 Å². The highest BCUT2D eigenvalue weighted by molar-refractivity contribution is 8.26. The Kier molecular flexibility index (Phi) is 5.62. The number of carbonyl (C=O) groups excluding carboxylic acids is 1. The summed E-state index contributed by atoms with van der Waals surface area (Å²) in [6.07, 6.45) is 1.71. The monoisotopic (exact) mass is 353 g/mol. The zero-order chi connectivity index (χ0) is 17.0. The van der Waals surface area contributed by atoms with Crippen LogP contribution >= 0.6 is 24.0 Å². The highest BCUT2D eigenvalue weighted by Gasteiger charge is 2.28.